The number of aromatic carboxylic acids is 1. The maximum absolute atomic E-state index is 11.7. The molecule has 0 spiro atoms. The van der Waals surface area contributed by atoms with Crippen LogP contribution in [0.1, 0.15) is 17.3 Å². The van der Waals surface area contributed by atoms with E-state index >= 15 is 0 Å². The number of amides is 1. The molecule has 4 N–H and O–H groups in total. The number of benzene rings is 1. The van der Waals surface area contributed by atoms with Crippen LogP contribution >= 0.6 is 11.6 Å². The molecule has 0 saturated carbocycles. The van der Waals surface area contributed by atoms with Crippen LogP contribution in [0.5, 0.6) is 0 Å². The summed E-state index contributed by atoms with van der Waals surface area (Å²) in [7, 11) is 0. The molecule has 0 saturated heterocycles. The van der Waals surface area contributed by atoms with Crippen molar-refractivity contribution >= 4 is 35.1 Å². The first-order valence-corrected chi connectivity index (χ1v) is 6.00. The normalized spacial score (nSPS) is 11.6. The number of hydrogen-bond acceptors (Lipinski definition) is 5. The second-order valence-electron chi connectivity index (χ2n) is 3.75. The second-order valence-corrected chi connectivity index (χ2v) is 4.19. The first-order valence-electron chi connectivity index (χ1n) is 5.62. The molecule has 1 unspecified atom stereocenters. The number of rotatable bonds is 5. The van der Waals surface area contributed by atoms with Gasteiger partial charge >= 0.3 is 11.9 Å². The van der Waals surface area contributed by atoms with Crippen molar-refractivity contribution < 1.29 is 24.2 Å². The van der Waals surface area contributed by atoms with Gasteiger partial charge in [-0.3, -0.25) is 4.79 Å². The Bertz CT molecular complexity index is 547. The molecule has 108 valence electrons. The van der Waals surface area contributed by atoms with Gasteiger partial charge in [-0.15, -0.1) is 0 Å². The number of ether oxygens (including phenoxy) is 1. The molecular weight excluding hydrogens is 288 g/mol. The van der Waals surface area contributed by atoms with E-state index in [1.807, 2.05) is 0 Å². The predicted molar refractivity (Wildman–Crippen MR) is 71.6 cm³/mol. The molecule has 1 aromatic rings. The van der Waals surface area contributed by atoms with Crippen LogP contribution in [0.15, 0.2) is 18.2 Å². The summed E-state index contributed by atoms with van der Waals surface area (Å²) in [6, 6.07) is 2.26. The lowest BCUT2D eigenvalue weighted by atomic mass is 10.2. The molecule has 0 aliphatic rings. The summed E-state index contributed by atoms with van der Waals surface area (Å²) in [6.45, 7) is 1.68. The summed E-state index contributed by atoms with van der Waals surface area (Å²) < 4.78 is 4.60. The molecule has 0 aliphatic carbocycles. The van der Waals surface area contributed by atoms with E-state index < -0.39 is 23.9 Å². The van der Waals surface area contributed by atoms with Gasteiger partial charge in [-0.25, -0.2) is 9.59 Å². The number of carboxylic acids is 1. The fourth-order valence-electron chi connectivity index (χ4n) is 1.34. The molecule has 0 aromatic heterocycles. The maximum Gasteiger partial charge on any atom is 0.335 e. The quantitative estimate of drug-likeness (QED) is 0.548. The maximum atomic E-state index is 11.7. The number of nitrogens with two attached hydrogens (primary N) is 1. The number of anilines is 1. The van der Waals surface area contributed by atoms with Crippen molar-refractivity contribution in [3.05, 3.63) is 28.8 Å². The fourth-order valence-corrected chi connectivity index (χ4v) is 1.58. The molecule has 0 heterocycles. The van der Waals surface area contributed by atoms with Crippen LogP contribution in [-0.2, 0) is 14.3 Å². The highest BCUT2D eigenvalue weighted by molar-refractivity contribution is 6.31. The number of carbonyl (C=O) groups excluding carboxylic acids is 2. The Hall–Kier alpha value is -2.12. The smallest absolute Gasteiger partial charge is 0.335 e. The lowest BCUT2D eigenvalue weighted by Gasteiger charge is -2.11. The van der Waals surface area contributed by atoms with Gasteiger partial charge in [0.05, 0.1) is 12.2 Å². The zero-order valence-corrected chi connectivity index (χ0v) is 11.3. The van der Waals surface area contributed by atoms with Crippen LogP contribution < -0.4 is 11.1 Å². The van der Waals surface area contributed by atoms with Gasteiger partial charge in [-0.1, -0.05) is 11.6 Å². The standard InChI is InChI=1S/C12H13ClN2O5/c1-2-20-12(19)9(14)10(16)15-8-4-6(11(17)18)3-7(13)5-8/h3-5,9H,2,14H2,1H3,(H,15,16)(H,17,18). The van der Waals surface area contributed by atoms with Gasteiger partial charge in [0.1, 0.15) is 0 Å². The fraction of sp³-hybridized carbons (Fsp3) is 0.250. The number of nitrogens with one attached hydrogen (secondary N) is 1. The van der Waals surface area contributed by atoms with E-state index in [-0.39, 0.29) is 22.9 Å². The van der Waals surface area contributed by atoms with Crippen molar-refractivity contribution in [2.24, 2.45) is 5.73 Å². The van der Waals surface area contributed by atoms with E-state index in [0.717, 1.165) is 0 Å². The Kier molecular flexibility index (Phi) is 5.48. The molecule has 7 nitrogen and oxygen atoms in total. The number of esters is 1. The molecule has 8 heteroatoms. The van der Waals surface area contributed by atoms with Gasteiger partial charge in [0.2, 0.25) is 0 Å². The Morgan fingerprint density at radius 2 is 2.05 bits per heavy atom. The van der Waals surface area contributed by atoms with E-state index in [9.17, 15) is 14.4 Å². The lowest BCUT2D eigenvalue weighted by molar-refractivity contribution is -0.146. The monoisotopic (exact) mass is 300 g/mol. The number of halogens is 1. The minimum atomic E-state index is -1.50. The zero-order valence-electron chi connectivity index (χ0n) is 10.6. The van der Waals surface area contributed by atoms with E-state index in [0.29, 0.717) is 0 Å². The lowest BCUT2D eigenvalue weighted by Crippen LogP contribution is -2.43. The van der Waals surface area contributed by atoms with Crippen LogP contribution in [-0.4, -0.2) is 35.6 Å². The van der Waals surface area contributed by atoms with Gasteiger partial charge in [-0.05, 0) is 25.1 Å². The number of hydrogen-bond donors (Lipinski definition) is 3. The molecule has 0 fully saturated rings. The van der Waals surface area contributed by atoms with Gasteiger partial charge in [0.25, 0.3) is 5.91 Å². The minimum absolute atomic E-state index is 0.0974. The molecule has 1 amide bonds. The van der Waals surface area contributed by atoms with Gasteiger partial charge in [-0.2, -0.15) is 0 Å². The third kappa shape index (κ3) is 4.22. The summed E-state index contributed by atoms with van der Waals surface area (Å²) in [4.78, 5) is 33.8. The molecule has 1 aromatic carbocycles. The molecular formula is C12H13ClN2O5. The highest BCUT2D eigenvalue weighted by Crippen LogP contribution is 2.19. The first kappa shape index (κ1) is 15.9. The Morgan fingerprint density at radius 1 is 1.40 bits per heavy atom. The Balaban J connectivity index is 2.85. The van der Waals surface area contributed by atoms with Crippen molar-refractivity contribution in [1.82, 2.24) is 0 Å². The summed E-state index contributed by atoms with van der Waals surface area (Å²) in [5.74, 6) is -2.88. The van der Waals surface area contributed by atoms with E-state index in [4.69, 9.17) is 22.4 Å². The van der Waals surface area contributed by atoms with Crippen LogP contribution in [0.2, 0.25) is 5.02 Å². The summed E-state index contributed by atoms with van der Waals surface area (Å²) in [5.41, 5.74) is 5.42. The van der Waals surface area contributed by atoms with Gasteiger partial charge < -0.3 is 20.9 Å². The van der Waals surface area contributed by atoms with Crippen LogP contribution in [0.25, 0.3) is 0 Å². The van der Waals surface area contributed by atoms with E-state index in [2.05, 4.69) is 10.1 Å². The summed E-state index contributed by atoms with van der Waals surface area (Å²) in [5, 5.41) is 11.3. The van der Waals surface area contributed by atoms with Gasteiger partial charge in [0, 0.05) is 10.7 Å². The Labute approximate surface area is 119 Å². The third-order valence-corrected chi connectivity index (χ3v) is 2.45. The molecule has 0 bridgehead atoms. The SMILES string of the molecule is CCOC(=O)C(N)C(=O)Nc1cc(Cl)cc(C(=O)O)c1. The van der Waals surface area contributed by atoms with Crippen molar-refractivity contribution in [3.63, 3.8) is 0 Å². The molecule has 1 atom stereocenters. The average Bonchev–Trinajstić information content (AvgIpc) is 2.37. The van der Waals surface area contributed by atoms with Crippen LogP contribution in [0, 0.1) is 0 Å². The molecule has 20 heavy (non-hydrogen) atoms. The largest absolute Gasteiger partial charge is 0.478 e. The van der Waals surface area contributed by atoms with Crippen molar-refractivity contribution in [1.29, 1.82) is 0 Å². The molecule has 0 aliphatic heterocycles. The first-order chi connectivity index (χ1) is 9.35. The third-order valence-electron chi connectivity index (χ3n) is 2.24. The average molecular weight is 301 g/mol. The highest BCUT2D eigenvalue weighted by Gasteiger charge is 2.23. The van der Waals surface area contributed by atoms with Crippen LogP contribution in [0.3, 0.4) is 0 Å². The summed E-state index contributed by atoms with van der Waals surface area (Å²) >= 11 is 5.73. The minimum Gasteiger partial charge on any atom is -0.478 e. The number of carbonyl (C=O) groups is 3. The van der Waals surface area contributed by atoms with Crippen molar-refractivity contribution in [2.75, 3.05) is 11.9 Å². The van der Waals surface area contributed by atoms with Gasteiger partial charge in [0.15, 0.2) is 6.04 Å². The van der Waals surface area contributed by atoms with Crippen molar-refractivity contribution in [2.45, 2.75) is 13.0 Å². The van der Waals surface area contributed by atoms with E-state index in [1.54, 1.807) is 6.92 Å². The predicted octanol–water partition coefficient (Wildman–Crippen LogP) is 0.867. The topological polar surface area (TPSA) is 119 Å². The second kappa shape index (κ2) is 6.88. The Morgan fingerprint density at radius 3 is 2.60 bits per heavy atom. The van der Waals surface area contributed by atoms with Crippen molar-refractivity contribution in [3.8, 4) is 0 Å². The zero-order chi connectivity index (χ0) is 15.3. The number of carboxylic acid groups (broad SMARTS) is 1. The van der Waals surface area contributed by atoms with E-state index in [1.165, 1.54) is 18.2 Å². The highest BCUT2D eigenvalue weighted by atomic mass is 35.5. The molecule has 0 radical (unpaired) electrons. The van der Waals surface area contributed by atoms with Crippen LogP contribution in [0.4, 0.5) is 5.69 Å². The molecule has 1 rings (SSSR count). The summed E-state index contributed by atoms with van der Waals surface area (Å²) in [6.07, 6.45) is 0.